The molecule has 0 unspecified atom stereocenters. The molecule has 3 heteroatoms. The second-order valence-corrected chi connectivity index (χ2v) is 6.11. The zero-order valence-corrected chi connectivity index (χ0v) is 12.3. The van der Waals surface area contributed by atoms with Crippen molar-refractivity contribution in [3.63, 3.8) is 0 Å². The van der Waals surface area contributed by atoms with Gasteiger partial charge in [0.15, 0.2) is 5.78 Å². The summed E-state index contributed by atoms with van der Waals surface area (Å²) in [6.07, 6.45) is 3.29. The number of allylic oxidation sites excluding steroid dienone is 2. The van der Waals surface area contributed by atoms with Crippen LogP contribution >= 0.6 is 0 Å². The maximum atomic E-state index is 12.6. The molecule has 0 fully saturated rings. The van der Waals surface area contributed by atoms with Gasteiger partial charge >= 0.3 is 0 Å². The Hall–Kier alpha value is -1.90. The molecule has 0 saturated heterocycles. The summed E-state index contributed by atoms with van der Waals surface area (Å²) in [6.45, 7) is 5.80. The molecule has 0 radical (unpaired) electrons. The van der Waals surface area contributed by atoms with Gasteiger partial charge in [-0.1, -0.05) is 43.7 Å². The number of benzene rings is 1. The maximum Gasteiger partial charge on any atom is 0.235 e. The number of rotatable bonds is 2. The summed E-state index contributed by atoms with van der Waals surface area (Å²) in [6, 6.07) is 9.27. The Morgan fingerprint density at radius 3 is 2.55 bits per heavy atom. The van der Waals surface area contributed by atoms with Gasteiger partial charge in [-0.2, -0.15) is 0 Å². The minimum absolute atomic E-state index is 0.0269. The quantitative estimate of drug-likeness (QED) is 0.660. The Balaban J connectivity index is 2.19. The molecule has 0 heterocycles. The Morgan fingerprint density at radius 2 is 1.90 bits per heavy atom. The van der Waals surface area contributed by atoms with E-state index < -0.39 is 11.3 Å². The van der Waals surface area contributed by atoms with E-state index in [-0.39, 0.29) is 11.7 Å². The molecule has 1 aromatic carbocycles. The molecule has 0 aromatic heterocycles. The summed E-state index contributed by atoms with van der Waals surface area (Å²) in [5, 5.41) is 2.84. The highest BCUT2D eigenvalue weighted by Crippen LogP contribution is 2.33. The van der Waals surface area contributed by atoms with Gasteiger partial charge in [-0.25, -0.2) is 0 Å². The van der Waals surface area contributed by atoms with E-state index in [1.54, 1.807) is 0 Å². The first-order valence-corrected chi connectivity index (χ1v) is 6.96. The zero-order chi connectivity index (χ0) is 14.8. The second kappa shape index (κ2) is 5.61. The van der Waals surface area contributed by atoms with Crippen LogP contribution in [-0.4, -0.2) is 11.7 Å². The molecule has 0 aliphatic heterocycles. The van der Waals surface area contributed by atoms with E-state index in [2.05, 4.69) is 11.4 Å². The van der Waals surface area contributed by atoms with Gasteiger partial charge in [0.05, 0.1) is 0 Å². The second-order valence-electron chi connectivity index (χ2n) is 6.11. The van der Waals surface area contributed by atoms with Gasteiger partial charge in [0.1, 0.15) is 5.92 Å². The third-order valence-corrected chi connectivity index (χ3v) is 3.83. The van der Waals surface area contributed by atoms with Crippen molar-refractivity contribution < 1.29 is 9.59 Å². The minimum atomic E-state index is -0.594. The summed E-state index contributed by atoms with van der Waals surface area (Å²) in [7, 11) is 0. The molecule has 0 bridgehead atoms. The third kappa shape index (κ3) is 3.16. The Morgan fingerprint density at radius 1 is 1.25 bits per heavy atom. The van der Waals surface area contributed by atoms with Crippen molar-refractivity contribution in [1.29, 1.82) is 0 Å². The van der Waals surface area contributed by atoms with Crippen molar-refractivity contribution in [2.75, 3.05) is 5.32 Å². The molecule has 1 amide bonds. The van der Waals surface area contributed by atoms with Crippen LogP contribution in [0.3, 0.4) is 0 Å². The van der Waals surface area contributed by atoms with Crippen LogP contribution in [0.1, 0.15) is 33.6 Å². The lowest BCUT2D eigenvalue weighted by molar-refractivity contribution is -0.136. The highest BCUT2D eigenvalue weighted by Gasteiger charge is 2.38. The van der Waals surface area contributed by atoms with Crippen LogP contribution in [0, 0.1) is 11.3 Å². The number of nitrogens with one attached hydrogen (secondary N) is 1. The van der Waals surface area contributed by atoms with Crippen molar-refractivity contribution in [1.82, 2.24) is 0 Å². The number of carbonyl (C=O) groups is 2. The van der Waals surface area contributed by atoms with Gasteiger partial charge in [-0.3, -0.25) is 9.59 Å². The number of Topliss-reactive ketones (excluding diaryl/α,β-unsaturated/α-hetero) is 1. The molecule has 0 spiro atoms. The van der Waals surface area contributed by atoms with Crippen molar-refractivity contribution >= 4 is 17.4 Å². The average Bonchev–Trinajstić information content (AvgIpc) is 2.52. The minimum Gasteiger partial charge on any atom is -0.325 e. The summed E-state index contributed by atoms with van der Waals surface area (Å²) in [5.41, 5.74) is 1.36. The summed E-state index contributed by atoms with van der Waals surface area (Å²) in [5.74, 6) is -0.771. The van der Waals surface area contributed by atoms with E-state index >= 15 is 0 Å². The molecular formula is C17H21NO2. The van der Waals surface area contributed by atoms with Crippen LogP contribution in [0.15, 0.2) is 42.0 Å². The van der Waals surface area contributed by atoms with E-state index in [4.69, 9.17) is 0 Å². The fourth-order valence-corrected chi connectivity index (χ4v) is 2.46. The lowest BCUT2D eigenvalue weighted by atomic mass is 9.79. The predicted molar refractivity (Wildman–Crippen MR) is 80.3 cm³/mol. The number of amides is 1. The van der Waals surface area contributed by atoms with Crippen molar-refractivity contribution in [3.8, 4) is 0 Å². The molecule has 20 heavy (non-hydrogen) atoms. The molecule has 106 valence electrons. The number of carbonyl (C=O) groups excluding carboxylic acids is 2. The normalized spacial score (nSPS) is 21.9. The van der Waals surface area contributed by atoms with Crippen LogP contribution in [-0.2, 0) is 9.59 Å². The topological polar surface area (TPSA) is 46.2 Å². The maximum absolute atomic E-state index is 12.6. The average molecular weight is 271 g/mol. The Bertz CT molecular complexity index is 543. The van der Waals surface area contributed by atoms with E-state index in [1.807, 2.05) is 51.1 Å². The van der Waals surface area contributed by atoms with Crippen molar-refractivity contribution in [2.24, 2.45) is 11.3 Å². The van der Waals surface area contributed by atoms with E-state index in [1.165, 1.54) is 0 Å². The molecule has 1 aromatic rings. The van der Waals surface area contributed by atoms with E-state index in [9.17, 15) is 9.59 Å². The predicted octanol–water partition coefficient (Wildman–Crippen LogP) is 3.58. The number of ketones is 1. The molecule has 1 N–H and O–H groups in total. The van der Waals surface area contributed by atoms with Crippen molar-refractivity contribution in [3.05, 3.63) is 42.0 Å². The fourth-order valence-electron chi connectivity index (χ4n) is 2.46. The number of hydrogen-bond donors (Lipinski definition) is 1. The largest absolute Gasteiger partial charge is 0.325 e. The smallest absolute Gasteiger partial charge is 0.235 e. The van der Waals surface area contributed by atoms with Gasteiger partial charge in [0.25, 0.3) is 0 Å². The monoisotopic (exact) mass is 271 g/mol. The Labute approximate surface area is 120 Å². The van der Waals surface area contributed by atoms with E-state index in [0.29, 0.717) is 12.8 Å². The Kier molecular flexibility index (Phi) is 4.07. The number of para-hydroxylation sites is 1. The molecule has 3 nitrogen and oxygen atoms in total. The van der Waals surface area contributed by atoms with Gasteiger partial charge in [0.2, 0.25) is 5.91 Å². The standard InChI is InChI=1S/C17H21NO2/c1-12-9-10-17(2,3)15(19)14(11-12)16(20)18-13-7-5-4-6-8-13/h4-9,14H,10-11H2,1-3H3,(H,18,20)/t14-/m1/s1. The van der Waals surface area contributed by atoms with Crippen molar-refractivity contribution in [2.45, 2.75) is 33.6 Å². The molecule has 2 rings (SSSR count). The lowest BCUT2D eigenvalue weighted by Crippen LogP contribution is -2.37. The van der Waals surface area contributed by atoms with Crippen LogP contribution in [0.2, 0.25) is 0 Å². The number of anilines is 1. The van der Waals surface area contributed by atoms with E-state index in [0.717, 1.165) is 11.3 Å². The lowest BCUT2D eigenvalue weighted by Gasteiger charge is -2.24. The van der Waals surface area contributed by atoms with Crippen LogP contribution in [0.5, 0.6) is 0 Å². The molecule has 1 aliphatic carbocycles. The summed E-state index contributed by atoms with van der Waals surface area (Å²) < 4.78 is 0. The molecule has 0 saturated carbocycles. The van der Waals surface area contributed by atoms with Gasteiger partial charge in [-0.15, -0.1) is 0 Å². The first kappa shape index (κ1) is 14.5. The first-order chi connectivity index (χ1) is 9.40. The summed E-state index contributed by atoms with van der Waals surface area (Å²) >= 11 is 0. The van der Waals surface area contributed by atoms with Gasteiger partial charge in [-0.05, 0) is 31.9 Å². The first-order valence-electron chi connectivity index (χ1n) is 6.96. The molecule has 1 atom stereocenters. The van der Waals surface area contributed by atoms with Crippen LogP contribution in [0.4, 0.5) is 5.69 Å². The molecular weight excluding hydrogens is 250 g/mol. The zero-order valence-electron chi connectivity index (χ0n) is 12.3. The third-order valence-electron chi connectivity index (χ3n) is 3.83. The highest BCUT2D eigenvalue weighted by atomic mass is 16.2. The number of hydrogen-bond acceptors (Lipinski definition) is 2. The SMILES string of the molecule is CC1=CCC(C)(C)C(=O)[C@H](C(=O)Nc2ccccc2)C1. The molecule has 1 aliphatic rings. The highest BCUT2D eigenvalue weighted by molar-refractivity contribution is 6.09. The van der Waals surface area contributed by atoms with Gasteiger partial charge in [0, 0.05) is 11.1 Å². The summed E-state index contributed by atoms with van der Waals surface area (Å²) in [4.78, 5) is 25.0. The van der Waals surface area contributed by atoms with Gasteiger partial charge < -0.3 is 5.32 Å². The fraction of sp³-hybridized carbons (Fsp3) is 0.412. The van der Waals surface area contributed by atoms with Crippen LogP contribution < -0.4 is 5.32 Å². The van der Waals surface area contributed by atoms with Crippen LogP contribution in [0.25, 0.3) is 0 Å².